The summed E-state index contributed by atoms with van der Waals surface area (Å²) in [6, 6.07) is 29.9. The second-order valence-electron chi connectivity index (χ2n) is 9.48. The van der Waals surface area contributed by atoms with Crippen LogP contribution in [0, 0.1) is 0 Å². The molecule has 2 bridgehead atoms. The zero-order valence-electron chi connectivity index (χ0n) is 19.3. The maximum absolute atomic E-state index is 11.2. The topological polar surface area (TPSA) is 32.7 Å². The van der Waals surface area contributed by atoms with Crippen molar-refractivity contribution in [2.75, 3.05) is 0 Å². The van der Waals surface area contributed by atoms with Crippen LogP contribution in [0.5, 0.6) is 5.75 Å². The van der Waals surface area contributed by atoms with Crippen LogP contribution in [-0.2, 0) is 6.61 Å². The highest BCUT2D eigenvalue weighted by Gasteiger charge is 2.42. The van der Waals surface area contributed by atoms with E-state index in [-0.39, 0.29) is 6.04 Å². The predicted octanol–water partition coefficient (Wildman–Crippen LogP) is 6.40. The number of fused-ring (bicyclic) bond motifs is 2. The van der Waals surface area contributed by atoms with Gasteiger partial charge in [-0.3, -0.25) is 4.90 Å². The van der Waals surface area contributed by atoms with E-state index in [0.29, 0.717) is 18.7 Å². The number of ether oxygens (including phenoxy) is 1. The molecule has 2 heterocycles. The highest BCUT2D eigenvalue weighted by Crippen LogP contribution is 2.42. The van der Waals surface area contributed by atoms with Gasteiger partial charge in [-0.1, -0.05) is 84.4 Å². The lowest BCUT2D eigenvalue weighted by Gasteiger charge is -2.42. The smallest absolute Gasteiger partial charge is 0.119 e. The molecule has 3 aromatic rings. The summed E-state index contributed by atoms with van der Waals surface area (Å²) in [4.78, 5) is 2.59. The molecule has 3 heteroatoms. The highest BCUT2D eigenvalue weighted by atomic mass is 16.5. The molecule has 5 rings (SSSR count). The van der Waals surface area contributed by atoms with Crippen LogP contribution in [-0.4, -0.2) is 28.1 Å². The lowest BCUT2D eigenvalue weighted by molar-refractivity contribution is 0.0195. The highest BCUT2D eigenvalue weighted by molar-refractivity contribution is 5.53. The van der Waals surface area contributed by atoms with Crippen molar-refractivity contribution in [2.45, 2.75) is 63.4 Å². The lowest BCUT2D eigenvalue weighted by atomic mass is 9.91. The molecule has 3 aromatic carbocycles. The minimum absolute atomic E-state index is 0.0943. The number of aliphatic hydroxyl groups excluding tert-OH is 1. The van der Waals surface area contributed by atoms with Gasteiger partial charge in [-0.15, -0.1) is 0 Å². The largest absolute Gasteiger partial charge is 0.489 e. The molecule has 4 atom stereocenters. The summed E-state index contributed by atoms with van der Waals surface area (Å²) in [6.07, 6.45) is 6.53. The summed E-state index contributed by atoms with van der Waals surface area (Å²) < 4.78 is 5.91. The van der Waals surface area contributed by atoms with Gasteiger partial charge in [0.2, 0.25) is 0 Å². The number of aliphatic hydroxyl groups is 1. The van der Waals surface area contributed by atoms with Gasteiger partial charge >= 0.3 is 0 Å². The number of hydrogen-bond acceptors (Lipinski definition) is 3. The Hall–Kier alpha value is -2.88. The van der Waals surface area contributed by atoms with Gasteiger partial charge in [0.1, 0.15) is 12.4 Å². The van der Waals surface area contributed by atoms with E-state index in [2.05, 4.69) is 60.4 Å². The first kappa shape index (κ1) is 21.9. The van der Waals surface area contributed by atoms with Crippen molar-refractivity contribution >= 4 is 6.08 Å². The summed E-state index contributed by atoms with van der Waals surface area (Å²) in [5.41, 5.74) is 4.95. The van der Waals surface area contributed by atoms with Crippen LogP contribution in [0.25, 0.3) is 6.08 Å². The molecule has 170 valence electrons. The van der Waals surface area contributed by atoms with E-state index in [1.165, 1.54) is 18.4 Å². The van der Waals surface area contributed by atoms with Crippen molar-refractivity contribution in [3.8, 4) is 5.75 Å². The molecule has 4 unspecified atom stereocenters. The van der Waals surface area contributed by atoms with Gasteiger partial charge in [0.25, 0.3) is 0 Å². The van der Waals surface area contributed by atoms with Gasteiger partial charge in [0.05, 0.1) is 6.10 Å². The van der Waals surface area contributed by atoms with Gasteiger partial charge in [-0.05, 0) is 61.4 Å². The zero-order valence-corrected chi connectivity index (χ0v) is 19.3. The first-order chi connectivity index (χ1) is 16.2. The summed E-state index contributed by atoms with van der Waals surface area (Å²) in [5, 5.41) is 11.2. The van der Waals surface area contributed by atoms with Crippen LogP contribution in [0.2, 0.25) is 0 Å². The van der Waals surface area contributed by atoms with Gasteiger partial charge in [0, 0.05) is 18.1 Å². The predicted molar refractivity (Wildman–Crippen MR) is 134 cm³/mol. The Balaban J connectivity index is 1.21. The molecule has 2 saturated heterocycles. The number of piperidine rings is 1. The fourth-order valence-electron chi connectivity index (χ4n) is 5.60. The minimum Gasteiger partial charge on any atom is -0.489 e. The molecule has 0 amide bonds. The average Bonchev–Trinajstić information content (AvgIpc) is 3.13. The van der Waals surface area contributed by atoms with Gasteiger partial charge in [0.15, 0.2) is 0 Å². The third-order valence-electron chi connectivity index (χ3n) is 7.24. The molecule has 0 spiro atoms. The van der Waals surface area contributed by atoms with E-state index in [9.17, 15) is 5.11 Å². The van der Waals surface area contributed by atoms with Crippen molar-refractivity contribution in [1.29, 1.82) is 0 Å². The third-order valence-corrected chi connectivity index (χ3v) is 7.24. The van der Waals surface area contributed by atoms with Gasteiger partial charge < -0.3 is 9.84 Å². The normalized spacial score (nSPS) is 22.1. The second-order valence-corrected chi connectivity index (χ2v) is 9.48. The number of rotatable bonds is 7. The molecular weight excluding hydrogens is 406 g/mol. The minimum atomic E-state index is -0.504. The number of benzene rings is 3. The molecule has 2 aliphatic heterocycles. The van der Waals surface area contributed by atoms with E-state index in [1.807, 2.05) is 42.5 Å². The SMILES string of the molecule is CC(C(O)c1ccc(OCc2ccccc2)cc1)N1C2CCC1CC(=Cc1ccccc1)C2. The van der Waals surface area contributed by atoms with Crippen LogP contribution in [0.1, 0.15) is 55.4 Å². The summed E-state index contributed by atoms with van der Waals surface area (Å²) in [7, 11) is 0. The Morgan fingerprint density at radius 3 is 2.12 bits per heavy atom. The first-order valence-electron chi connectivity index (χ1n) is 12.1. The summed E-state index contributed by atoms with van der Waals surface area (Å²) in [6.45, 7) is 2.73. The Bertz CT molecular complexity index is 1050. The van der Waals surface area contributed by atoms with E-state index >= 15 is 0 Å². The van der Waals surface area contributed by atoms with Crippen molar-refractivity contribution in [1.82, 2.24) is 4.90 Å². The van der Waals surface area contributed by atoms with E-state index < -0.39 is 6.10 Å². The zero-order chi connectivity index (χ0) is 22.6. The molecule has 3 nitrogen and oxygen atoms in total. The van der Waals surface area contributed by atoms with Crippen LogP contribution < -0.4 is 4.74 Å². The molecule has 33 heavy (non-hydrogen) atoms. The van der Waals surface area contributed by atoms with Crippen LogP contribution in [0.15, 0.2) is 90.5 Å². The fourth-order valence-corrected chi connectivity index (χ4v) is 5.60. The van der Waals surface area contributed by atoms with Gasteiger partial charge in [-0.2, -0.15) is 0 Å². The first-order valence-corrected chi connectivity index (χ1v) is 12.1. The van der Waals surface area contributed by atoms with Crippen LogP contribution >= 0.6 is 0 Å². The number of nitrogens with zero attached hydrogens (tertiary/aromatic N) is 1. The van der Waals surface area contributed by atoms with E-state index in [1.54, 1.807) is 5.57 Å². The molecular formula is C30H33NO2. The Kier molecular flexibility index (Phi) is 6.61. The van der Waals surface area contributed by atoms with Crippen molar-refractivity contribution in [2.24, 2.45) is 0 Å². The Labute approximate surface area is 197 Å². The van der Waals surface area contributed by atoms with Crippen LogP contribution in [0.4, 0.5) is 0 Å². The summed E-state index contributed by atoms with van der Waals surface area (Å²) >= 11 is 0. The monoisotopic (exact) mass is 439 g/mol. The maximum atomic E-state index is 11.2. The fraction of sp³-hybridized carbons (Fsp3) is 0.333. The Morgan fingerprint density at radius 2 is 1.48 bits per heavy atom. The number of hydrogen-bond donors (Lipinski definition) is 1. The van der Waals surface area contributed by atoms with Crippen LogP contribution in [0.3, 0.4) is 0 Å². The molecule has 0 radical (unpaired) electrons. The summed E-state index contributed by atoms with van der Waals surface area (Å²) in [5.74, 6) is 0.830. The molecule has 0 aromatic heterocycles. The average molecular weight is 440 g/mol. The molecule has 2 aliphatic rings. The standard InChI is InChI=1S/C30H33NO2/c1-22(30(32)26-12-16-29(17-13-26)33-21-24-10-6-3-7-11-24)31-27-14-15-28(31)20-25(19-27)18-23-8-4-2-5-9-23/h2-13,16-18,22,27-28,30,32H,14-15,19-21H2,1H3. The van der Waals surface area contributed by atoms with E-state index in [4.69, 9.17) is 4.74 Å². The van der Waals surface area contributed by atoms with Crippen molar-refractivity contribution in [3.05, 3.63) is 107 Å². The molecule has 1 N–H and O–H groups in total. The van der Waals surface area contributed by atoms with Gasteiger partial charge in [-0.25, -0.2) is 0 Å². The lowest BCUT2D eigenvalue weighted by Crippen LogP contribution is -2.48. The Morgan fingerprint density at radius 1 is 0.879 bits per heavy atom. The third kappa shape index (κ3) is 5.05. The maximum Gasteiger partial charge on any atom is 0.119 e. The molecule has 0 aliphatic carbocycles. The quantitative estimate of drug-likeness (QED) is 0.462. The molecule has 0 saturated carbocycles. The van der Waals surface area contributed by atoms with Crippen molar-refractivity contribution < 1.29 is 9.84 Å². The van der Waals surface area contributed by atoms with Crippen molar-refractivity contribution in [3.63, 3.8) is 0 Å². The van der Waals surface area contributed by atoms with E-state index in [0.717, 1.165) is 29.7 Å². The molecule has 2 fully saturated rings. The second kappa shape index (κ2) is 9.94.